The van der Waals surface area contributed by atoms with Crippen LogP contribution in [0.4, 0.5) is 5.69 Å². The predicted molar refractivity (Wildman–Crippen MR) is 137 cm³/mol. The molecule has 2 amide bonds. The van der Waals surface area contributed by atoms with Gasteiger partial charge in [0.25, 0.3) is 5.91 Å². The van der Waals surface area contributed by atoms with E-state index in [0.717, 1.165) is 5.69 Å². The number of benzene rings is 2. The number of anilines is 1. The van der Waals surface area contributed by atoms with Crippen LogP contribution in [0.25, 0.3) is 11.8 Å². The molecule has 3 N–H and O–H groups in total. The largest absolute Gasteiger partial charge is 0.478 e. The Kier molecular flexibility index (Phi) is 6.71. The van der Waals surface area contributed by atoms with Crippen molar-refractivity contribution in [2.24, 2.45) is 0 Å². The van der Waals surface area contributed by atoms with Crippen molar-refractivity contribution < 1.29 is 19.5 Å². The molecule has 3 heterocycles. The molecular weight excluding hydrogens is 512 g/mol. The van der Waals surface area contributed by atoms with E-state index in [4.69, 9.17) is 16.7 Å². The number of nitrogens with zero attached hydrogens (tertiary/aromatic N) is 6. The lowest BCUT2D eigenvalue weighted by Crippen LogP contribution is -2.44. The highest BCUT2D eigenvalue weighted by molar-refractivity contribution is 6.30. The number of aryl methyl sites for hydroxylation is 1. The number of tetrazole rings is 1. The van der Waals surface area contributed by atoms with Crippen molar-refractivity contribution in [3.8, 4) is 5.69 Å². The number of carboxylic acid groups (broad SMARTS) is 1. The summed E-state index contributed by atoms with van der Waals surface area (Å²) in [4.78, 5) is 47.1. The minimum absolute atomic E-state index is 0.0925. The highest BCUT2D eigenvalue weighted by atomic mass is 35.5. The van der Waals surface area contributed by atoms with Crippen molar-refractivity contribution in [1.29, 1.82) is 0 Å². The first-order valence-electron chi connectivity index (χ1n) is 11.5. The Labute approximate surface area is 220 Å². The van der Waals surface area contributed by atoms with Crippen molar-refractivity contribution in [2.75, 3.05) is 11.9 Å². The second-order valence-electron chi connectivity index (χ2n) is 8.53. The third kappa shape index (κ3) is 5.02. The number of carbonyl (C=O) groups is 3. The summed E-state index contributed by atoms with van der Waals surface area (Å²) in [5.41, 5.74) is 2.96. The van der Waals surface area contributed by atoms with Gasteiger partial charge in [-0.1, -0.05) is 11.6 Å². The molecule has 0 unspecified atom stereocenters. The molecule has 0 spiro atoms. The van der Waals surface area contributed by atoms with E-state index in [9.17, 15) is 14.4 Å². The molecular formula is C25H21ClN8O4. The normalized spacial score (nSPS) is 14.9. The Morgan fingerprint density at radius 1 is 1.18 bits per heavy atom. The number of H-pyrrole nitrogens is 1. The summed E-state index contributed by atoms with van der Waals surface area (Å²) in [6.07, 6.45) is 4.89. The molecule has 1 aliphatic heterocycles. The fourth-order valence-corrected chi connectivity index (χ4v) is 4.47. The quantitative estimate of drug-likeness (QED) is 0.320. The zero-order valence-corrected chi connectivity index (χ0v) is 20.8. The number of hydrogen-bond acceptors (Lipinski definition) is 7. The van der Waals surface area contributed by atoms with Gasteiger partial charge in [0.1, 0.15) is 12.2 Å². The number of aromatic nitrogens is 6. The van der Waals surface area contributed by atoms with Crippen LogP contribution < -0.4 is 5.32 Å². The van der Waals surface area contributed by atoms with Gasteiger partial charge in [-0.15, -0.1) is 5.10 Å². The van der Waals surface area contributed by atoms with Crippen LogP contribution in [0.1, 0.15) is 39.2 Å². The Morgan fingerprint density at radius 2 is 1.97 bits per heavy atom. The summed E-state index contributed by atoms with van der Waals surface area (Å²) >= 11 is 6.18. The van der Waals surface area contributed by atoms with E-state index in [1.807, 2.05) is 0 Å². The van der Waals surface area contributed by atoms with E-state index >= 15 is 0 Å². The number of carboxylic acids is 1. The summed E-state index contributed by atoms with van der Waals surface area (Å²) < 4.78 is 1.45. The standard InChI is InChI=1S/C25H21ClN8O4/c1-14-28-19-10-11-33(21(35)9-4-16-12-17(26)5-8-20(16)34-13-27-31-32-34)23(22(19)29-14)24(36)30-18-6-2-15(3-7-18)25(37)38/h2-9,12-13,23H,10-11H2,1H3,(H,28,29)(H,30,36)(H,37,38)/b9-4+/t23-/m0/s1. The molecule has 12 nitrogen and oxygen atoms in total. The van der Waals surface area contributed by atoms with Gasteiger partial charge in [-0.25, -0.2) is 9.78 Å². The third-order valence-corrected chi connectivity index (χ3v) is 6.26. The SMILES string of the molecule is Cc1nc2c([nH]1)CCN(C(=O)/C=C/c1cc(Cl)ccc1-n1cnnn1)[C@@H]2C(=O)Nc1ccc(C(=O)O)cc1. The molecule has 38 heavy (non-hydrogen) atoms. The minimum Gasteiger partial charge on any atom is -0.478 e. The lowest BCUT2D eigenvalue weighted by Gasteiger charge is -2.33. The van der Waals surface area contributed by atoms with Crippen molar-refractivity contribution in [3.05, 3.63) is 88.2 Å². The molecule has 2 aromatic carbocycles. The second-order valence-corrected chi connectivity index (χ2v) is 8.97. The molecule has 0 fully saturated rings. The van der Waals surface area contributed by atoms with Crippen LogP contribution in [-0.2, 0) is 16.0 Å². The van der Waals surface area contributed by atoms with E-state index in [2.05, 4.69) is 30.8 Å². The lowest BCUT2D eigenvalue weighted by molar-refractivity contribution is -0.135. The van der Waals surface area contributed by atoms with Crippen LogP contribution in [-0.4, -0.2) is 64.5 Å². The molecule has 0 saturated carbocycles. The summed E-state index contributed by atoms with van der Waals surface area (Å²) in [6, 6.07) is 9.86. The van der Waals surface area contributed by atoms with Gasteiger partial charge in [0.05, 0.1) is 16.9 Å². The van der Waals surface area contributed by atoms with E-state index in [1.165, 1.54) is 46.3 Å². The predicted octanol–water partition coefficient (Wildman–Crippen LogP) is 2.82. The molecule has 4 aromatic rings. The highest BCUT2D eigenvalue weighted by Crippen LogP contribution is 2.30. The highest BCUT2D eigenvalue weighted by Gasteiger charge is 2.37. The van der Waals surface area contributed by atoms with Gasteiger partial charge in [-0.2, -0.15) is 4.68 Å². The van der Waals surface area contributed by atoms with E-state index in [0.29, 0.717) is 39.9 Å². The number of imidazole rings is 1. The first-order chi connectivity index (χ1) is 18.3. The molecule has 2 aromatic heterocycles. The molecule has 0 saturated heterocycles. The van der Waals surface area contributed by atoms with Crippen LogP contribution in [0.3, 0.4) is 0 Å². The van der Waals surface area contributed by atoms with Gasteiger partial charge in [-0.05, 0) is 65.9 Å². The monoisotopic (exact) mass is 532 g/mol. The van der Waals surface area contributed by atoms with Gasteiger partial charge in [0.15, 0.2) is 6.04 Å². The summed E-state index contributed by atoms with van der Waals surface area (Å²) in [5.74, 6) is -1.31. The van der Waals surface area contributed by atoms with Gasteiger partial charge < -0.3 is 20.3 Å². The molecule has 1 atom stereocenters. The van der Waals surface area contributed by atoms with E-state index in [1.54, 1.807) is 31.2 Å². The number of aromatic carboxylic acids is 1. The number of aromatic amines is 1. The van der Waals surface area contributed by atoms with Gasteiger partial charge >= 0.3 is 5.97 Å². The Morgan fingerprint density at radius 3 is 2.68 bits per heavy atom. The molecule has 0 aliphatic carbocycles. The van der Waals surface area contributed by atoms with Crippen LogP contribution in [0, 0.1) is 6.92 Å². The average Bonchev–Trinajstić information content (AvgIpc) is 3.56. The van der Waals surface area contributed by atoms with E-state index in [-0.39, 0.29) is 12.1 Å². The zero-order chi connectivity index (χ0) is 26.8. The molecule has 0 radical (unpaired) electrons. The first kappa shape index (κ1) is 24.8. The summed E-state index contributed by atoms with van der Waals surface area (Å²) in [7, 11) is 0. The Hall–Kier alpha value is -4.84. The van der Waals surface area contributed by atoms with Crippen molar-refractivity contribution in [1.82, 2.24) is 35.1 Å². The number of rotatable bonds is 6. The number of nitrogens with one attached hydrogen (secondary N) is 2. The van der Waals surface area contributed by atoms with E-state index < -0.39 is 23.8 Å². The van der Waals surface area contributed by atoms with Crippen LogP contribution in [0.5, 0.6) is 0 Å². The lowest BCUT2D eigenvalue weighted by atomic mass is 10.0. The number of fused-ring (bicyclic) bond motifs is 1. The van der Waals surface area contributed by atoms with Crippen molar-refractivity contribution in [3.63, 3.8) is 0 Å². The summed E-state index contributed by atoms with van der Waals surface area (Å²) in [5, 5.41) is 23.6. The number of carbonyl (C=O) groups excluding carboxylic acids is 2. The topological polar surface area (TPSA) is 159 Å². The van der Waals surface area contributed by atoms with Crippen LogP contribution >= 0.6 is 11.6 Å². The summed E-state index contributed by atoms with van der Waals surface area (Å²) in [6.45, 7) is 2.06. The maximum absolute atomic E-state index is 13.5. The van der Waals surface area contributed by atoms with Crippen LogP contribution in [0.2, 0.25) is 5.02 Å². The number of amides is 2. The Bertz CT molecular complexity index is 1550. The van der Waals surface area contributed by atoms with Gasteiger partial charge in [0, 0.05) is 41.0 Å². The molecule has 13 heteroatoms. The second kappa shape index (κ2) is 10.3. The third-order valence-electron chi connectivity index (χ3n) is 6.02. The Balaban J connectivity index is 1.43. The van der Waals surface area contributed by atoms with Crippen LogP contribution in [0.15, 0.2) is 54.9 Å². The smallest absolute Gasteiger partial charge is 0.335 e. The zero-order valence-electron chi connectivity index (χ0n) is 20.0. The maximum atomic E-state index is 13.5. The van der Waals surface area contributed by atoms with Crippen molar-refractivity contribution in [2.45, 2.75) is 19.4 Å². The number of hydrogen-bond donors (Lipinski definition) is 3. The van der Waals surface area contributed by atoms with Gasteiger partial charge in [0.2, 0.25) is 5.91 Å². The maximum Gasteiger partial charge on any atom is 0.335 e. The molecule has 0 bridgehead atoms. The average molecular weight is 533 g/mol. The van der Waals surface area contributed by atoms with Crippen molar-refractivity contribution >= 4 is 41.1 Å². The minimum atomic E-state index is -1.07. The first-order valence-corrected chi connectivity index (χ1v) is 11.9. The van der Waals surface area contributed by atoms with Gasteiger partial charge in [-0.3, -0.25) is 9.59 Å². The molecule has 1 aliphatic rings. The molecule has 192 valence electrons. The number of halogens is 1. The molecule has 5 rings (SSSR count). The fraction of sp³-hybridized carbons (Fsp3) is 0.160. The fourth-order valence-electron chi connectivity index (χ4n) is 4.29.